The molecule has 0 bridgehead atoms. The van der Waals surface area contributed by atoms with Gasteiger partial charge in [0.2, 0.25) is 0 Å². The van der Waals surface area contributed by atoms with Gasteiger partial charge in [-0.15, -0.1) is 0 Å². The number of hydrogen-bond donors (Lipinski definition) is 1. The zero-order chi connectivity index (χ0) is 19.7. The number of aromatic nitrogens is 2. The smallest absolute Gasteiger partial charge is 0.139 e. The Morgan fingerprint density at radius 1 is 1.07 bits per heavy atom. The van der Waals surface area contributed by atoms with E-state index in [1.165, 1.54) is 11.3 Å². The van der Waals surface area contributed by atoms with E-state index in [9.17, 15) is 0 Å². The molecule has 1 atom stereocenters. The standard InChI is InChI=1S/C23H26N4O/c1-15(2)28-20-11-9-19(10-12-20)26-22-14-23(25-17(4)24-22)27-16(3)13-18-7-5-6-8-21(18)27/h5-12,14-16H,13H2,1-4H3,(H,24,25,26). The Morgan fingerprint density at radius 3 is 2.57 bits per heavy atom. The molecule has 1 aliphatic rings. The van der Waals surface area contributed by atoms with Crippen molar-refractivity contribution in [2.45, 2.75) is 46.3 Å². The number of rotatable bonds is 5. The molecule has 0 fully saturated rings. The molecule has 5 nitrogen and oxygen atoms in total. The van der Waals surface area contributed by atoms with Crippen LogP contribution < -0.4 is 15.0 Å². The monoisotopic (exact) mass is 374 g/mol. The molecule has 0 amide bonds. The number of ether oxygens (including phenoxy) is 1. The Balaban J connectivity index is 1.60. The quantitative estimate of drug-likeness (QED) is 0.648. The highest BCUT2D eigenvalue weighted by Crippen LogP contribution is 2.37. The molecule has 4 rings (SSSR count). The molecule has 1 aliphatic heterocycles. The minimum atomic E-state index is 0.163. The van der Waals surface area contributed by atoms with Crippen molar-refractivity contribution in [2.75, 3.05) is 10.2 Å². The van der Waals surface area contributed by atoms with Gasteiger partial charge in [0.1, 0.15) is 23.2 Å². The van der Waals surface area contributed by atoms with Crippen LogP contribution in [0.5, 0.6) is 5.75 Å². The molecular formula is C23H26N4O. The lowest BCUT2D eigenvalue weighted by Crippen LogP contribution is -2.25. The van der Waals surface area contributed by atoms with Crippen LogP contribution in [0.15, 0.2) is 54.6 Å². The first-order valence-corrected chi connectivity index (χ1v) is 9.76. The van der Waals surface area contributed by atoms with Crippen molar-refractivity contribution in [2.24, 2.45) is 0 Å². The molecule has 0 spiro atoms. The average molecular weight is 374 g/mol. The average Bonchev–Trinajstić information content (AvgIpc) is 2.98. The molecule has 28 heavy (non-hydrogen) atoms. The Hall–Kier alpha value is -3.08. The number of fused-ring (bicyclic) bond motifs is 1. The van der Waals surface area contributed by atoms with Crippen LogP contribution in [0.3, 0.4) is 0 Å². The van der Waals surface area contributed by atoms with Crippen LogP contribution in [0.2, 0.25) is 0 Å². The predicted octanol–water partition coefficient (Wildman–Crippen LogP) is 5.40. The number of aryl methyl sites for hydroxylation is 1. The van der Waals surface area contributed by atoms with Crippen LogP contribution >= 0.6 is 0 Å². The molecule has 144 valence electrons. The maximum absolute atomic E-state index is 5.71. The molecule has 0 saturated heterocycles. The van der Waals surface area contributed by atoms with Gasteiger partial charge in [-0.05, 0) is 70.0 Å². The van der Waals surface area contributed by atoms with Crippen LogP contribution in [0.25, 0.3) is 0 Å². The lowest BCUT2D eigenvalue weighted by Gasteiger charge is -2.24. The Bertz CT molecular complexity index is 969. The fraction of sp³-hybridized carbons (Fsp3) is 0.304. The first-order chi connectivity index (χ1) is 13.5. The number of anilines is 4. The zero-order valence-corrected chi connectivity index (χ0v) is 16.8. The summed E-state index contributed by atoms with van der Waals surface area (Å²) in [5.41, 5.74) is 3.56. The van der Waals surface area contributed by atoms with Crippen molar-refractivity contribution in [3.8, 4) is 5.75 Å². The maximum Gasteiger partial charge on any atom is 0.139 e. The number of hydrogen-bond acceptors (Lipinski definition) is 5. The van der Waals surface area contributed by atoms with E-state index in [4.69, 9.17) is 9.72 Å². The van der Waals surface area contributed by atoms with E-state index in [1.54, 1.807) is 0 Å². The van der Waals surface area contributed by atoms with Crippen molar-refractivity contribution in [3.05, 3.63) is 66.0 Å². The second kappa shape index (κ2) is 7.50. The van der Waals surface area contributed by atoms with Gasteiger partial charge in [0.15, 0.2) is 0 Å². The molecule has 1 aromatic heterocycles. The summed E-state index contributed by atoms with van der Waals surface area (Å²) >= 11 is 0. The van der Waals surface area contributed by atoms with E-state index in [0.717, 1.165) is 35.3 Å². The van der Waals surface area contributed by atoms with Gasteiger partial charge in [-0.2, -0.15) is 0 Å². The summed E-state index contributed by atoms with van der Waals surface area (Å²) in [7, 11) is 0. The molecule has 3 aromatic rings. The summed E-state index contributed by atoms with van der Waals surface area (Å²) in [6.07, 6.45) is 1.19. The van der Waals surface area contributed by atoms with Crippen LogP contribution in [0, 0.1) is 6.92 Å². The highest BCUT2D eigenvalue weighted by atomic mass is 16.5. The molecule has 2 aromatic carbocycles. The highest BCUT2D eigenvalue weighted by Gasteiger charge is 2.28. The number of para-hydroxylation sites is 1. The lowest BCUT2D eigenvalue weighted by molar-refractivity contribution is 0.242. The fourth-order valence-electron chi connectivity index (χ4n) is 3.69. The van der Waals surface area contributed by atoms with Crippen molar-refractivity contribution < 1.29 is 4.74 Å². The zero-order valence-electron chi connectivity index (χ0n) is 16.8. The molecule has 5 heteroatoms. The van der Waals surface area contributed by atoms with E-state index >= 15 is 0 Å². The maximum atomic E-state index is 5.71. The fourth-order valence-corrected chi connectivity index (χ4v) is 3.69. The van der Waals surface area contributed by atoms with E-state index in [1.807, 2.05) is 51.1 Å². The number of nitrogens with zero attached hydrogens (tertiary/aromatic N) is 3. The van der Waals surface area contributed by atoms with Gasteiger partial charge in [0.25, 0.3) is 0 Å². The van der Waals surface area contributed by atoms with Gasteiger partial charge >= 0.3 is 0 Å². The summed E-state index contributed by atoms with van der Waals surface area (Å²) in [4.78, 5) is 11.6. The van der Waals surface area contributed by atoms with Crippen LogP contribution in [-0.4, -0.2) is 22.1 Å². The van der Waals surface area contributed by atoms with Gasteiger partial charge in [0, 0.05) is 23.5 Å². The molecule has 2 heterocycles. The second-order valence-electron chi connectivity index (χ2n) is 7.53. The molecule has 0 saturated carbocycles. The highest BCUT2D eigenvalue weighted by molar-refractivity contribution is 5.71. The van der Waals surface area contributed by atoms with E-state index in [0.29, 0.717) is 6.04 Å². The van der Waals surface area contributed by atoms with Gasteiger partial charge < -0.3 is 15.0 Å². The molecule has 1 unspecified atom stereocenters. The minimum Gasteiger partial charge on any atom is -0.491 e. The number of benzene rings is 2. The summed E-state index contributed by atoms with van der Waals surface area (Å²) in [5, 5.41) is 3.39. The Kier molecular flexibility index (Phi) is 4.90. The molecule has 1 N–H and O–H groups in total. The topological polar surface area (TPSA) is 50.3 Å². The molecular weight excluding hydrogens is 348 g/mol. The second-order valence-corrected chi connectivity index (χ2v) is 7.53. The van der Waals surface area contributed by atoms with Crippen LogP contribution in [0.4, 0.5) is 23.0 Å². The third kappa shape index (κ3) is 3.79. The van der Waals surface area contributed by atoms with Crippen LogP contribution in [-0.2, 0) is 6.42 Å². The molecule has 0 radical (unpaired) electrons. The van der Waals surface area contributed by atoms with Crippen LogP contribution in [0.1, 0.15) is 32.2 Å². The summed E-state index contributed by atoms with van der Waals surface area (Å²) in [6.45, 7) is 8.21. The predicted molar refractivity (Wildman–Crippen MR) is 114 cm³/mol. The van der Waals surface area contributed by atoms with E-state index in [-0.39, 0.29) is 6.10 Å². The van der Waals surface area contributed by atoms with Crippen molar-refractivity contribution >= 4 is 23.0 Å². The SMILES string of the molecule is Cc1nc(Nc2ccc(OC(C)C)cc2)cc(N2c3ccccc3CC2C)n1. The van der Waals surface area contributed by atoms with Gasteiger partial charge in [-0.1, -0.05) is 18.2 Å². The minimum absolute atomic E-state index is 0.163. The first-order valence-electron chi connectivity index (χ1n) is 9.76. The third-order valence-corrected chi connectivity index (χ3v) is 4.78. The summed E-state index contributed by atoms with van der Waals surface area (Å²) in [6, 6.07) is 18.9. The first kappa shape index (κ1) is 18.3. The van der Waals surface area contributed by atoms with E-state index in [2.05, 4.69) is 46.4 Å². The summed E-state index contributed by atoms with van der Waals surface area (Å²) < 4.78 is 5.71. The van der Waals surface area contributed by atoms with Crippen molar-refractivity contribution in [1.82, 2.24) is 9.97 Å². The third-order valence-electron chi connectivity index (χ3n) is 4.78. The Labute approximate surface area is 166 Å². The van der Waals surface area contributed by atoms with Gasteiger partial charge in [0.05, 0.1) is 6.10 Å². The lowest BCUT2D eigenvalue weighted by atomic mass is 10.1. The summed E-state index contributed by atoms with van der Waals surface area (Å²) in [5.74, 6) is 3.32. The molecule has 0 aliphatic carbocycles. The van der Waals surface area contributed by atoms with Gasteiger partial charge in [-0.25, -0.2) is 9.97 Å². The van der Waals surface area contributed by atoms with E-state index < -0.39 is 0 Å². The Morgan fingerprint density at radius 2 is 1.82 bits per heavy atom. The largest absolute Gasteiger partial charge is 0.491 e. The van der Waals surface area contributed by atoms with Crippen molar-refractivity contribution in [1.29, 1.82) is 0 Å². The van der Waals surface area contributed by atoms with Gasteiger partial charge in [-0.3, -0.25) is 0 Å². The van der Waals surface area contributed by atoms with Crippen molar-refractivity contribution in [3.63, 3.8) is 0 Å². The number of nitrogens with one attached hydrogen (secondary N) is 1. The normalized spacial score (nSPS) is 15.6.